The van der Waals surface area contributed by atoms with Crippen LogP contribution >= 0.6 is 15.9 Å². The molecule has 2 rings (SSSR count). The largest absolute Gasteiger partial charge is 0.393 e. The van der Waals surface area contributed by atoms with Crippen molar-refractivity contribution in [2.24, 2.45) is 5.41 Å². The molecule has 1 aliphatic carbocycles. The lowest BCUT2D eigenvalue weighted by atomic mass is 9.92. The Morgan fingerprint density at radius 3 is 2.36 bits per heavy atom. The van der Waals surface area contributed by atoms with Crippen molar-refractivity contribution in [2.45, 2.75) is 32.3 Å². The van der Waals surface area contributed by atoms with Crippen LogP contribution in [0.1, 0.15) is 25.3 Å². The third-order valence-electron chi connectivity index (χ3n) is 3.25. The highest BCUT2D eigenvalue weighted by atomic mass is 79.9. The molecular formula is C12H15BrO. The lowest BCUT2D eigenvalue weighted by Crippen LogP contribution is -2.20. The molecule has 1 aromatic carbocycles. The summed E-state index contributed by atoms with van der Waals surface area (Å²) in [5, 5.41) is 9.65. The average molecular weight is 255 g/mol. The van der Waals surface area contributed by atoms with Gasteiger partial charge in [-0.05, 0) is 43.9 Å². The number of rotatable bonds is 3. The summed E-state index contributed by atoms with van der Waals surface area (Å²) >= 11 is 3.42. The van der Waals surface area contributed by atoms with E-state index in [-0.39, 0.29) is 11.5 Å². The minimum absolute atomic E-state index is 0.175. The van der Waals surface area contributed by atoms with Crippen LogP contribution in [0, 0.1) is 5.41 Å². The summed E-state index contributed by atoms with van der Waals surface area (Å²) in [7, 11) is 0. The Morgan fingerprint density at radius 1 is 1.36 bits per heavy atom. The maximum atomic E-state index is 9.65. The van der Waals surface area contributed by atoms with E-state index in [0.29, 0.717) is 0 Å². The molecule has 0 aliphatic heterocycles. The van der Waals surface area contributed by atoms with Crippen LogP contribution in [0.15, 0.2) is 28.7 Å². The van der Waals surface area contributed by atoms with E-state index in [9.17, 15) is 5.11 Å². The number of aliphatic hydroxyl groups is 1. The van der Waals surface area contributed by atoms with Crippen LogP contribution in [0.4, 0.5) is 0 Å². The zero-order valence-corrected chi connectivity index (χ0v) is 9.92. The van der Waals surface area contributed by atoms with Gasteiger partial charge in [0.2, 0.25) is 0 Å². The standard InChI is InChI=1S/C12H15BrO/c1-9(14)12(6-7-12)8-10-2-4-11(13)5-3-10/h2-5,9,14H,6-8H2,1H3. The van der Waals surface area contributed by atoms with Gasteiger partial charge in [0.1, 0.15) is 0 Å². The third kappa shape index (κ3) is 2.01. The first kappa shape index (κ1) is 10.2. The highest BCUT2D eigenvalue weighted by molar-refractivity contribution is 9.10. The van der Waals surface area contributed by atoms with Gasteiger partial charge in [-0.25, -0.2) is 0 Å². The molecule has 0 saturated heterocycles. The Balaban J connectivity index is 2.08. The smallest absolute Gasteiger partial charge is 0.0571 e. The Morgan fingerprint density at radius 2 is 1.93 bits per heavy atom. The van der Waals surface area contributed by atoms with Crippen LogP contribution in [0.25, 0.3) is 0 Å². The van der Waals surface area contributed by atoms with Crippen molar-refractivity contribution in [3.63, 3.8) is 0 Å². The fourth-order valence-corrected chi connectivity index (χ4v) is 2.18. The van der Waals surface area contributed by atoms with Crippen molar-refractivity contribution in [2.75, 3.05) is 0 Å². The zero-order valence-electron chi connectivity index (χ0n) is 8.33. The maximum absolute atomic E-state index is 9.65. The van der Waals surface area contributed by atoms with Gasteiger partial charge in [-0.15, -0.1) is 0 Å². The summed E-state index contributed by atoms with van der Waals surface area (Å²) in [6, 6.07) is 8.39. The van der Waals surface area contributed by atoms with Crippen LogP contribution in [0.5, 0.6) is 0 Å². The van der Waals surface area contributed by atoms with E-state index in [0.717, 1.165) is 10.9 Å². The quantitative estimate of drug-likeness (QED) is 0.879. The van der Waals surface area contributed by atoms with Gasteiger partial charge in [0.05, 0.1) is 6.10 Å². The Hall–Kier alpha value is -0.340. The maximum Gasteiger partial charge on any atom is 0.0571 e. The second kappa shape index (κ2) is 3.67. The second-order valence-electron chi connectivity index (χ2n) is 4.34. The van der Waals surface area contributed by atoms with Crippen molar-refractivity contribution < 1.29 is 5.11 Å². The van der Waals surface area contributed by atoms with E-state index in [1.807, 2.05) is 6.92 Å². The predicted octanol–water partition coefficient (Wildman–Crippen LogP) is 3.15. The Bertz CT molecular complexity index is 312. The van der Waals surface area contributed by atoms with Crippen LogP contribution in [-0.4, -0.2) is 11.2 Å². The molecule has 0 bridgehead atoms. The van der Waals surface area contributed by atoms with Gasteiger partial charge in [0.25, 0.3) is 0 Å². The van der Waals surface area contributed by atoms with Gasteiger partial charge in [0, 0.05) is 9.89 Å². The normalized spacial score (nSPS) is 20.5. The second-order valence-corrected chi connectivity index (χ2v) is 5.26. The summed E-state index contributed by atoms with van der Waals surface area (Å²) < 4.78 is 1.11. The molecule has 1 N–H and O–H groups in total. The SMILES string of the molecule is CC(O)C1(Cc2ccc(Br)cc2)CC1. The molecule has 0 aromatic heterocycles. The van der Waals surface area contributed by atoms with Crippen LogP contribution in [0.3, 0.4) is 0 Å². The first-order valence-corrected chi connectivity index (χ1v) is 5.84. The molecule has 0 heterocycles. The lowest BCUT2D eigenvalue weighted by Gasteiger charge is -2.18. The Kier molecular flexibility index (Phi) is 2.67. The van der Waals surface area contributed by atoms with Crippen molar-refractivity contribution in [1.29, 1.82) is 0 Å². The average Bonchev–Trinajstić information content (AvgIpc) is 2.90. The zero-order chi connectivity index (χ0) is 10.2. The molecule has 1 atom stereocenters. The summed E-state index contributed by atoms with van der Waals surface area (Å²) in [6.45, 7) is 1.91. The van der Waals surface area contributed by atoms with Crippen molar-refractivity contribution in [3.05, 3.63) is 34.3 Å². The van der Waals surface area contributed by atoms with E-state index < -0.39 is 0 Å². The number of hydrogen-bond acceptors (Lipinski definition) is 1. The first-order chi connectivity index (χ1) is 6.62. The number of benzene rings is 1. The number of aliphatic hydroxyl groups excluding tert-OH is 1. The van der Waals surface area contributed by atoms with Crippen molar-refractivity contribution >= 4 is 15.9 Å². The van der Waals surface area contributed by atoms with E-state index in [1.165, 1.54) is 18.4 Å². The monoisotopic (exact) mass is 254 g/mol. The minimum atomic E-state index is -0.175. The van der Waals surface area contributed by atoms with Crippen LogP contribution in [-0.2, 0) is 6.42 Å². The third-order valence-corrected chi connectivity index (χ3v) is 3.78. The van der Waals surface area contributed by atoms with Gasteiger partial charge >= 0.3 is 0 Å². The summed E-state index contributed by atoms with van der Waals surface area (Å²) in [6.07, 6.45) is 3.17. The summed E-state index contributed by atoms with van der Waals surface area (Å²) in [5.41, 5.74) is 1.51. The van der Waals surface area contributed by atoms with E-state index in [1.54, 1.807) is 0 Å². The molecule has 1 aromatic rings. The van der Waals surface area contributed by atoms with Gasteiger partial charge in [-0.1, -0.05) is 28.1 Å². The molecular weight excluding hydrogens is 240 g/mol. The fraction of sp³-hybridized carbons (Fsp3) is 0.500. The fourth-order valence-electron chi connectivity index (χ4n) is 1.91. The van der Waals surface area contributed by atoms with Crippen LogP contribution in [0.2, 0.25) is 0 Å². The van der Waals surface area contributed by atoms with E-state index in [2.05, 4.69) is 40.2 Å². The van der Waals surface area contributed by atoms with Gasteiger partial charge in [-0.3, -0.25) is 0 Å². The molecule has 1 unspecified atom stereocenters. The number of halogens is 1. The van der Waals surface area contributed by atoms with E-state index >= 15 is 0 Å². The van der Waals surface area contributed by atoms with E-state index in [4.69, 9.17) is 0 Å². The highest BCUT2D eigenvalue weighted by Crippen LogP contribution is 2.51. The Labute approximate surface area is 93.3 Å². The summed E-state index contributed by atoms with van der Waals surface area (Å²) in [4.78, 5) is 0. The lowest BCUT2D eigenvalue weighted by molar-refractivity contribution is 0.110. The molecule has 0 radical (unpaired) electrons. The molecule has 76 valence electrons. The predicted molar refractivity (Wildman–Crippen MR) is 61.2 cm³/mol. The first-order valence-electron chi connectivity index (χ1n) is 5.05. The topological polar surface area (TPSA) is 20.2 Å². The molecule has 2 heteroatoms. The molecule has 14 heavy (non-hydrogen) atoms. The van der Waals surface area contributed by atoms with Gasteiger partial charge in [-0.2, -0.15) is 0 Å². The highest BCUT2D eigenvalue weighted by Gasteiger charge is 2.46. The molecule has 1 fully saturated rings. The number of hydrogen-bond donors (Lipinski definition) is 1. The molecule has 1 aliphatic rings. The van der Waals surface area contributed by atoms with Gasteiger partial charge in [0.15, 0.2) is 0 Å². The molecule has 0 amide bonds. The van der Waals surface area contributed by atoms with Crippen molar-refractivity contribution in [3.8, 4) is 0 Å². The minimum Gasteiger partial charge on any atom is -0.393 e. The summed E-state index contributed by atoms with van der Waals surface area (Å²) in [5.74, 6) is 0. The molecule has 1 nitrogen and oxygen atoms in total. The van der Waals surface area contributed by atoms with Crippen LogP contribution < -0.4 is 0 Å². The molecule has 1 saturated carbocycles. The van der Waals surface area contributed by atoms with Crippen molar-refractivity contribution in [1.82, 2.24) is 0 Å². The molecule has 0 spiro atoms. The van der Waals surface area contributed by atoms with Gasteiger partial charge < -0.3 is 5.11 Å².